The van der Waals surface area contributed by atoms with Gasteiger partial charge in [0.05, 0.1) is 18.6 Å². The number of likely N-dealkylation sites (tertiary alicyclic amines) is 1. The van der Waals surface area contributed by atoms with E-state index in [0.717, 1.165) is 18.5 Å². The molecule has 2 amide bonds. The number of pyridine rings is 1. The Hall–Kier alpha value is -2.77. The Morgan fingerprint density at radius 2 is 1.87 bits per heavy atom. The van der Waals surface area contributed by atoms with Gasteiger partial charge in [0.2, 0.25) is 5.95 Å². The van der Waals surface area contributed by atoms with Crippen molar-refractivity contribution in [2.24, 2.45) is 0 Å². The summed E-state index contributed by atoms with van der Waals surface area (Å²) < 4.78 is 12.9. The number of nitrogens with zero attached hydrogens (tertiary/aromatic N) is 4. The van der Waals surface area contributed by atoms with E-state index in [-0.39, 0.29) is 29.5 Å². The first-order chi connectivity index (χ1) is 11.1. The number of rotatable bonds is 2. The molecule has 8 heteroatoms. The molecule has 2 aromatic heterocycles. The molecule has 120 valence electrons. The Morgan fingerprint density at radius 3 is 2.48 bits per heavy atom. The maximum absolute atomic E-state index is 12.9. The molecule has 3 heterocycles. The number of aromatic nitrogens is 3. The highest BCUT2D eigenvalue weighted by atomic mass is 19.1. The summed E-state index contributed by atoms with van der Waals surface area (Å²) in [4.78, 5) is 25.6. The van der Waals surface area contributed by atoms with Gasteiger partial charge in [-0.05, 0) is 25.0 Å². The van der Waals surface area contributed by atoms with E-state index in [4.69, 9.17) is 5.11 Å². The summed E-state index contributed by atoms with van der Waals surface area (Å²) in [6, 6.07) is 2.82. The van der Waals surface area contributed by atoms with E-state index < -0.39 is 0 Å². The van der Waals surface area contributed by atoms with E-state index in [1.165, 1.54) is 24.7 Å². The molecule has 2 aromatic rings. The first kappa shape index (κ1) is 15.1. The fourth-order valence-corrected chi connectivity index (χ4v) is 2.57. The van der Waals surface area contributed by atoms with Crippen LogP contribution in [0.15, 0.2) is 30.7 Å². The van der Waals surface area contributed by atoms with Crippen LogP contribution in [0.1, 0.15) is 24.5 Å². The third-order valence-corrected chi connectivity index (χ3v) is 3.81. The van der Waals surface area contributed by atoms with Crippen molar-refractivity contribution in [3.8, 4) is 5.75 Å². The first-order valence-corrected chi connectivity index (χ1v) is 7.30. The third kappa shape index (κ3) is 3.71. The predicted molar refractivity (Wildman–Crippen MR) is 80.5 cm³/mol. The van der Waals surface area contributed by atoms with Crippen molar-refractivity contribution in [2.75, 3.05) is 18.4 Å². The van der Waals surface area contributed by atoms with Gasteiger partial charge in [0, 0.05) is 24.7 Å². The number of piperidine rings is 1. The number of hydrogen-bond donors (Lipinski definition) is 2. The largest absolute Gasteiger partial charge is 0.505 e. The van der Waals surface area contributed by atoms with E-state index >= 15 is 0 Å². The number of urea groups is 1. The third-order valence-electron chi connectivity index (χ3n) is 3.81. The zero-order chi connectivity index (χ0) is 16.2. The van der Waals surface area contributed by atoms with Crippen molar-refractivity contribution in [3.05, 3.63) is 42.2 Å². The Balaban J connectivity index is 1.54. The first-order valence-electron chi connectivity index (χ1n) is 7.30. The summed E-state index contributed by atoms with van der Waals surface area (Å²) in [5, 5.41) is 11.7. The molecule has 0 aromatic carbocycles. The Morgan fingerprint density at radius 1 is 1.17 bits per heavy atom. The molecule has 2 N–H and O–H groups in total. The zero-order valence-corrected chi connectivity index (χ0v) is 12.3. The maximum Gasteiger partial charge on any atom is 0.324 e. The minimum atomic E-state index is -0.348. The Kier molecular flexibility index (Phi) is 4.31. The summed E-state index contributed by atoms with van der Waals surface area (Å²) in [5.74, 6) is -0.0326. The smallest absolute Gasteiger partial charge is 0.324 e. The van der Waals surface area contributed by atoms with Crippen LogP contribution in [-0.2, 0) is 0 Å². The molecule has 1 aliphatic heterocycles. The quantitative estimate of drug-likeness (QED) is 0.885. The van der Waals surface area contributed by atoms with E-state index in [9.17, 15) is 9.18 Å². The number of amides is 2. The predicted octanol–water partition coefficient (Wildman–Crippen LogP) is 2.13. The average molecular weight is 317 g/mol. The minimum Gasteiger partial charge on any atom is -0.505 e. The summed E-state index contributed by atoms with van der Waals surface area (Å²) >= 11 is 0. The number of anilines is 1. The van der Waals surface area contributed by atoms with Crippen LogP contribution >= 0.6 is 0 Å². The Labute approximate surface area is 132 Å². The number of carbonyl (C=O) groups is 1. The maximum atomic E-state index is 12.9. The molecule has 0 atom stereocenters. The van der Waals surface area contributed by atoms with Crippen molar-refractivity contribution in [3.63, 3.8) is 0 Å². The second kappa shape index (κ2) is 6.55. The molecule has 0 bridgehead atoms. The summed E-state index contributed by atoms with van der Waals surface area (Å²) in [7, 11) is 0. The number of carbonyl (C=O) groups excluding carboxylic acids is 1. The van der Waals surface area contributed by atoms with Gasteiger partial charge in [0.25, 0.3) is 0 Å². The molecule has 1 aliphatic rings. The summed E-state index contributed by atoms with van der Waals surface area (Å²) in [6.45, 7) is 1.15. The van der Waals surface area contributed by atoms with Gasteiger partial charge < -0.3 is 10.0 Å². The van der Waals surface area contributed by atoms with E-state index in [1.54, 1.807) is 11.0 Å². The molecule has 1 fully saturated rings. The van der Waals surface area contributed by atoms with Crippen LogP contribution < -0.4 is 5.32 Å². The van der Waals surface area contributed by atoms with Gasteiger partial charge in [0.1, 0.15) is 5.82 Å². The lowest BCUT2D eigenvalue weighted by atomic mass is 9.93. The lowest BCUT2D eigenvalue weighted by molar-refractivity contribution is 0.194. The zero-order valence-electron chi connectivity index (χ0n) is 12.3. The Bertz CT molecular complexity index is 669. The molecule has 7 nitrogen and oxygen atoms in total. The number of halogens is 1. The van der Waals surface area contributed by atoms with Gasteiger partial charge in [-0.2, -0.15) is 0 Å². The molecular formula is C15H16FN5O2. The second-order valence-corrected chi connectivity index (χ2v) is 5.36. The van der Waals surface area contributed by atoms with Gasteiger partial charge in [0.15, 0.2) is 5.75 Å². The molecule has 3 rings (SSSR count). The van der Waals surface area contributed by atoms with Crippen LogP contribution in [-0.4, -0.2) is 44.1 Å². The van der Waals surface area contributed by atoms with Crippen LogP contribution in [0.4, 0.5) is 15.1 Å². The standard InChI is InChI=1S/C15H16FN5O2/c16-11-1-2-13(17-7-11)10-3-5-21(6-4-10)15(23)20-14-18-8-12(22)9-19-14/h1-2,7-10,22H,3-6H2,(H,18,19,20,23). The van der Waals surface area contributed by atoms with E-state index in [1.807, 2.05) is 0 Å². The van der Waals surface area contributed by atoms with Gasteiger partial charge in [-0.15, -0.1) is 0 Å². The second-order valence-electron chi connectivity index (χ2n) is 5.36. The number of hydrogen-bond acceptors (Lipinski definition) is 5. The molecule has 1 saturated heterocycles. The molecule has 23 heavy (non-hydrogen) atoms. The number of nitrogens with one attached hydrogen (secondary N) is 1. The van der Waals surface area contributed by atoms with Gasteiger partial charge in [-0.25, -0.2) is 19.2 Å². The summed E-state index contributed by atoms with van der Waals surface area (Å²) in [5.41, 5.74) is 0.855. The van der Waals surface area contributed by atoms with E-state index in [2.05, 4.69) is 20.3 Å². The highest BCUT2D eigenvalue weighted by molar-refractivity contribution is 5.87. The van der Waals surface area contributed by atoms with Crippen molar-refractivity contribution in [1.82, 2.24) is 19.9 Å². The topological polar surface area (TPSA) is 91.2 Å². The fourth-order valence-electron chi connectivity index (χ4n) is 2.57. The van der Waals surface area contributed by atoms with Crippen LogP contribution in [0.3, 0.4) is 0 Å². The lowest BCUT2D eigenvalue weighted by Crippen LogP contribution is -2.41. The van der Waals surface area contributed by atoms with Crippen molar-refractivity contribution < 1.29 is 14.3 Å². The summed E-state index contributed by atoms with van der Waals surface area (Å²) in [6.07, 6.45) is 5.19. The minimum absolute atomic E-state index is 0.0596. The van der Waals surface area contributed by atoms with Crippen molar-refractivity contribution in [2.45, 2.75) is 18.8 Å². The lowest BCUT2D eigenvalue weighted by Gasteiger charge is -2.31. The average Bonchev–Trinajstić information content (AvgIpc) is 2.58. The highest BCUT2D eigenvalue weighted by Gasteiger charge is 2.25. The SMILES string of the molecule is O=C(Nc1ncc(O)cn1)N1CCC(c2ccc(F)cn2)CC1. The molecule has 0 aliphatic carbocycles. The fraction of sp³-hybridized carbons (Fsp3) is 0.333. The van der Waals surface area contributed by atoms with Crippen molar-refractivity contribution >= 4 is 12.0 Å². The molecular weight excluding hydrogens is 301 g/mol. The van der Waals surface area contributed by atoms with Gasteiger partial charge in [-0.3, -0.25) is 10.3 Å². The van der Waals surface area contributed by atoms with Crippen molar-refractivity contribution in [1.29, 1.82) is 0 Å². The van der Waals surface area contributed by atoms with Crippen LogP contribution in [0, 0.1) is 5.82 Å². The normalized spacial score (nSPS) is 15.4. The van der Waals surface area contributed by atoms with Crippen LogP contribution in [0.2, 0.25) is 0 Å². The van der Waals surface area contributed by atoms with E-state index in [0.29, 0.717) is 13.1 Å². The molecule has 0 unspecified atom stereocenters. The molecule has 0 radical (unpaired) electrons. The van der Waals surface area contributed by atoms with Crippen LogP contribution in [0.5, 0.6) is 5.75 Å². The number of aromatic hydroxyl groups is 1. The van der Waals surface area contributed by atoms with Gasteiger partial charge >= 0.3 is 6.03 Å². The van der Waals surface area contributed by atoms with Gasteiger partial charge in [-0.1, -0.05) is 0 Å². The molecule has 0 spiro atoms. The highest BCUT2D eigenvalue weighted by Crippen LogP contribution is 2.26. The monoisotopic (exact) mass is 317 g/mol. The molecule has 0 saturated carbocycles. The van der Waals surface area contributed by atoms with Crippen LogP contribution in [0.25, 0.3) is 0 Å².